The van der Waals surface area contributed by atoms with E-state index in [-0.39, 0.29) is 13.1 Å². The maximum absolute atomic E-state index is 13.1. The van der Waals surface area contributed by atoms with Crippen LogP contribution in [0.2, 0.25) is 0 Å². The van der Waals surface area contributed by atoms with Gasteiger partial charge in [0, 0.05) is 141 Å². The second kappa shape index (κ2) is 76.6. The van der Waals surface area contributed by atoms with E-state index in [4.69, 9.17) is 17.6 Å². The van der Waals surface area contributed by atoms with Crippen molar-refractivity contribution < 1.29 is 141 Å². The Morgan fingerprint density at radius 1 is 0.349 bits per heavy atom. The Bertz CT molecular complexity index is 4970. The summed E-state index contributed by atoms with van der Waals surface area (Å²) >= 11 is 0. The van der Waals surface area contributed by atoms with Crippen LogP contribution in [0.5, 0.6) is 0 Å². The van der Waals surface area contributed by atoms with Gasteiger partial charge in [-0.2, -0.15) is 26.3 Å². The van der Waals surface area contributed by atoms with Gasteiger partial charge in [0.1, 0.15) is 13.1 Å². The van der Waals surface area contributed by atoms with Crippen LogP contribution in [0, 0.1) is 24.7 Å². The van der Waals surface area contributed by atoms with Crippen molar-refractivity contribution in [2.45, 2.75) is 84.6 Å². The number of piperidine rings is 1. The first-order valence-corrected chi connectivity index (χ1v) is 43.9. The van der Waals surface area contributed by atoms with Crippen molar-refractivity contribution in [3.05, 3.63) is 309 Å². The van der Waals surface area contributed by atoms with E-state index < -0.39 is 177 Å². The van der Waals surface area contributed by atoms with Crippen LogP contribution >= 0.6 is 0 Å². The number of hydrogen-bond donors (Lipinski definition) is 0. The summed E-state index contributed by atoms with van der Waals surface area (Å²) in [7, 11) is 4.41. The van der Waals surface area contributed by atoms with E-state index in [1.807, 2.05) is 32.9 Å². The number of carbonyl (C=O) groups is 12. The normalized spacial score (nSPS) is 11.5. The number of para-hydroxylation sites is 2. The number of likely N-dealkylation sites (N-methyl/N-ethyl adjacent to an activating group) is 3. The third kappa shape index (κ3) is 62.5. The molecule has 149 heavy (non-hydrogen) atoms. The molecule has 0 aliphatic carbocycles. The summed E-state index contributed by atoms with van der Waals surface area (Å²) in [4.78, 5) is 153. The van der Waals surface area contributed by atoms with Gasteiger partial charge in [0.05, 0.1) is 37.7 Å². The zero-order valence-corrected chi connectivity index (χ0v) is 84.3. The molecule has 3 aliphatic rings. The van der Waals surface area contributed by atoms with Gasteiger partial charge in [-0.15, -0.1) is 39.2 Å². The fraction of sp³-hybridized carbons (Fsp3) is 0.327. The summed E-state index contributed by atoms with van der Waals surface area (Å²) in [6.07, 6.45) is 17.1. The molecule has 2 aromatic heterocycles. The highest BCUT2D eigenvalue weighted by atomic mass is 19.4. The molecule has 27 nitrogen and oxygen atoms in total. The Morgan fingerprint density at radius 3 is 0.859 bits per heavy atom. The number of pyridine rings is 2. The molecule has 3 saturated heterocycles. The summed E-state index contributed by atoms with van der Waals surface area (Å²) in [6, 6.07) is 24.3. The number of hydrogen-bond acceptors (Lipinski definition) is 15. The summed E-state index contributed by atoms with van der Waals surface area (Å²) in [6.45, 7) is 60.1. The molecule has 7 rings (SSSR count). The number of anilines is 4. The van der Waals surface area contributed by atoms with Crippen LogP contribution in [0.3, 0.4) is 0 Å². The van der Waals surface area contributed by atoms with Crippen molar-refractivity contribution in [1.29, 1.82) is 0 Å². The number of morpholine rings is 1. The Morgan fingerprint density at radius 2 is 0.617 bits per heavy atom. The van der Waals surface area contributed by atoms with E-state index in [0.717, 1.165) is 41.9 Å². The van der Waals surface area contributed by atoms with Gasteiger partial charge >= 0.3 is 12.4 Å². The number of aromatic nitrogens is 2. The van der Waals surface area contributed by atoms with E-state index >= 15 is 0 Å². The van der Waals surface area contributed by atoms with E-state index in [1.165, 1.54) is 108 Å². The third-order valence-corrected chi connectivity index (χ3v) is 17.8. The number of halogens is 18. The minimum Gasteiger partial charge on any atom is -0.378 e. The third-order valence-electron chi connectivity index (χ3n) is 17.8. The topological polar surface area (TPSA) is 279 Å². The molecule has 0 spiro atoms. The van der Waals surface area contributed by atoms with Crippen molar-refractivity contribution in [3.8, 4) is 24.7 Å². The quantitative estimate of drug-likeness (QED) is 0.0203. The minimum atomic E-state index is -5.05. The average Bonchev–Trinajstić information content (AvgIpc) is 1.03. The van der Waals surface area contributed by atoms with Gasteiger partial charge in [0.15, 0.2) is 69.9 Å². The van der Waals surface area contributed by atoms with Gasteiger partial charge in [0.25, 0.3) is 70.9 Å². The highest BCUT2D eigenvalue weighted by Gasteiger charge is 2.41. The Kier molecular flexibility index (Phi) is 72.7. The van der Waals surface area contributed by atoms with Crippen molar-refractivity contribution >= 4 is 93.6 Å². The molecule has 0 atom stereocenters. The standard InChI is InChI=1S/C15H12FNO.C13H10FN3O.C10H16FNO.C9H12FNO.C9H8FNO.C8H12FNO.C7H6F7NO.C7H10FNO2.2C7H10FNO.C7H12FNO.C5H8FNO/c1-12(16)15(18)17(13-8-4-2-5-9-13)14-10-6-3-7-11-14;1-10(14)13(18)17(11-2-6-15-7-3-11)12-4-8-16-9-5-12;1-6-7-12(10(3,4)5)9(13)8(2)11;2*1-4-6-11(7-5-2)9(12)8(3)10;1-7(9)8(11)10-5-3-2-4-6-10;1-4(8)5(16)15(2-6(9,10)11)3-7(12,13)14;1-6(8)7(10)9-2-4-11-5-3-9;1-6(8)7(10)9-4-2-3-5-9;1-4-5-9(3)7(10)6(2)8;1-4-9(5-2)7(10)6(3)8;1-4(6)5(8)7(2)3/h2-11H,1H2;2-9H,1H2;6H,1-2,7H2,3-5H3;4-5H,1-3,6-7H2;1-2H,3,6-7H2;1-6H2;1-3H2;1-5H2;1-5H2;4H,1-2,5H2,3H3;3-5H2,1-2H3;1H2,2-3H3. The lowest BCUT2D eigenvalue weighted by Crippen LogP contribution is -2.45. The van der Waals surface area contributed by atoms with Crippen LogP contribution < -0.4 is 9.80 Å². The van der Waals surface area contributed by atoms with Crippen molar-refractivity contribution in [3.63, 3.8) is 0 Å². The van der Waals surface area contributed by atoms with Gasteiger partial charge in [-0.25, -0.2) is 52.7 Å². The molecule has 0 unspecified atom stereocenters. The molecule has 0 bridgehead atoms. The van der Waals surface area contributed by atoms with Crippen LogP contribution in [0.1, 0.15) is 66.7 Å². The molecule has 45 heteroatoms. The molecule has 3 aliphatic heterocycles. The van der Waals surface area contributed by atoms with Crippen LogP contribution in [-0.2, 0) is 62.3 Å². The van der Waals surface area contributed by atoms with Crippen molar-refractivity contribution in [2.75, 3.05) is 149 Å². The predicted molar refractivity (Wildman–Crippen MR) is 538 cm³/mol. The van der Waals surface area contributed by atoms with Gasteiger partial charge < -0.3 is 53.7 Å². The number of carbonyl (C=O) groups excluding carboxylic acids is 12. The Balaban J connectivity index is -0.000000510. The molecule has 2 aromatic carbocycles. The highest BCUT2D eigenvalue weighted by Crippen LogP contribution is 2.30. The first kappa shape index (κ1) is 141. The van der Waals surface area contributed by atoms with Crippen molar-refractivity contribution in [1.82, 2.24) is 59.0 Å². The van der Waals surface area contributed by atoms with Gasteiger partial charge in [0.2, 0.25) is 0 Å². The second-order valence-corrected chi connectivity index (χ2v) is 30.8. The first-order valence-electron chi connectivity index (χ1n) is 43.9. The molecule has 0 N–H and O–H groups in total. The number of likely N-dealkylation sites (tertiary alicyclic amines) is 2. The van der Waals surface area contributed by atoms with Gasteiger partial charge in [-0.05, 0) is 115 Å². The summed E-state index contributed by atoms with van der Waals surface area (Å²) in [5.41, 5.74) is 1.82. The first-order chi connectivity index (χ1) is 69.3. The number of terminal acetylenes is 2. The molecular weight excluding hydrogens is 2000 g/mol. The van der Waals surface area contributed by atoms with Crippen LogP contribution in [0.15, 0.2) is 309 Å². The lowest BCUT2D eigenvalue weighted by atomic mass is 10.1. The molecule has 0 radical (unpaired) electrons. The number of rotatable bonds is 30. The monoisotopic (exact) mass is 2120 g/mol. The lowest BCUT2D eigenvalue weighted by molar-refractivity contribution is -0.186. The highest BCUT2D eigenvalue weighted by molar-refractivity contribution is 6.10. The summed E-state index contributed by atoms with van der Waals surface area (Å²) in [5, 5.41) is 0. The fourth-order valence-corrected chi connectivity index (χ4v) is 10.9. The SMILES string of the molecule is C#CCN(CC#C)C(=O)C(=C)F.C=C(F)C(=O)N(C)C.C=C(F)C(=O)N(CC(F)(F)F)CC(F)(F)F.C=C(F)C(=O)N(CC)CC.C=C(F)C(=O)N(c1ccccc1)c1ccccc1.C=C(F)C(=O)N(c1ccncc1)c1ccncc1.C=C(F)C(=O)N1CCCC1.C=C(F)C(=O)N1CCCCC1.C=C(F)C(=O)N1CCOCC1.C=CCN(C(=O)C(=C)F)C(C)(C)C.C=CCN(C)C(=O)C(=C)F.C=CCN(CC=C)C(=O)C(=C)F. The predicted octanol–water partition coefficient (Wildman–Crippen LogP) is 19.3. The molecule has 4 aromatic rings. The van der Waals surface area contributed by atoms with E-state index in [0.29, 0.717) is 115 Å². The van der Waals surface area contributed by atoms with E-state index in [9.17, 15) is 137 Å². The largest absolute Gasteiger partial charge is 0.406 e. The second-order valence-electron chi connectivity index (χ2n) is 30.8. The zero-order valence-electron chi connectivity index (χ0n) is 84.3. The molecule has 5 heterocycles. The van der Waals surface area contributed by atoms with Crippen molar-refractivity contribution in [2.24, 2.45) is 0 Å². The van der Waals surface area contributed by atoms with Gasteiger partial charge in [-0.3, -0.25) is 77.3 Å². The van der Waals surface area contributed by atoms with Crippen LogP contribution in [-0.4, -0.2) is 287 Å². The lowest BCUT2D eigenvalue weighted by Gasteiger charge is -2.34. The Labute approximate surface area is 857 Å². The number of alkyl halides is 6. The van der Waals surface area contributed by atoms with E-state index in [2.05, 4.69) is 127 Å². The Hall–Kier alpha value is -16.0. The number of ether oxygens (including phenoxy) is 1. The molecule has 12 amide bonds. The average molecular weight is 2120 g/mol. The van der Waals surface area contributed by atoms with E-state index in [1.54, 1.807) is 92.7 Å². The summed E-state index contributed by atoms with van der Waals surface area (Å²) < 4.78 is 224. The zero-order chi connectivity index (χ0) is 116. The minimum absolute atomic E-state index is 0.00796. The fourth-order valence-electron chi connectivity index (χ4n) is 10.9. The maximum Gasteiger partial charge on any atom is 0.406 e. The molecular formula is C104H126F18N14O13. The molecule has 0 saturated carbocycles. The maximum atomic E-state index is 13.1. The molecule has 816 valence electrons. The number of benzene rings is 2. The van der Waals surface area contributed by atoms with Crippen LogP contribution in [0.25, 0.3) is 0 Å². The number of nitrogens with zero attached hydrogens (tertiary/aromatic N) is 14. The molecule has 3 fully saturated rings. The van der Waals surface area contributed by atoms with Crippen LogP contribution in [0.4, 0.5) is 102 Å². The smallest absolute Gasteiger partial charge is 0.378 e. The van der Waals surface area contributed by atoms with Gasteiger partial charge in [-0.1, -0.05) is 151 Å². The summed E-state index contributed by atoms with van der Waals surface area (Å²) in [5.74, 6) is -17.3. The number of amides is 12.